The van der Waals surface area contributed by atoms with Crippen LogP contribution < -0.4 is 4.90 Å². The first kappa shape index (κ1) is 34.8. The van der Waals surface area contributed by atoms with Crippen LogP contribution in [0.25, 0.3) is 76.8 Å². The normalized spacial score (nSPS) is 14.5. The van der Waals surface area contributed by atoms with Gasteiger partial charge in [-0.25, -0.2) is 0 Å². The number of rotatable bonds is 5. The maximum Gasteiger partial charge on any atom is 0.0725 e. The average Bonchev–Trinajstić information content (AvgIpc) is 3.81. The molecule has 1 atom stereocenters. The van der Waals surface area contributed by atoms with Gasteiger partial charge in [-0.3, -0.25) is 0 Å². The predicted octanol–water partition coefficient (Wildman–Crippen LogP) is 16.3. The summed E-state index contributed by atoms with van der Waals surface area (Å²) in [5.41, 5.74) is 18.3. The molecule has 2 aliphatic carbocycles. The van der Waals surface area contributed by atoms with E-state index in [2.05, 4.69) is 241 Å². The van der Waals surface area contributed by atoms with Crippen molar-refractivity contribution < 1.29 is 0 Å². The van der Waals surface area contributed by atoms with Gasteiger partial charge in [0, 0.05) is 17.1 Å². The maximum atomic E-state index is 2.55. The van der Waals surface area contributed by atoms with Crippen LogP contribution in [-0.2, 0) is 5.41 Å². The van der Waals surface area contributed by atoms with Crippen LogP contribution in [0.2, 0.25) is 0 Å². The van der Waals surface area contributed by atoms with Crippen molar-refractivity contribution in [2.45, 2.75) is 5.41 Å². The van der Waals surface area contributed by atoms with Crippen LogP contribution in [0.4, 0.5) is 17.1 Å². The molecule has 2 aliphatic rings. The second-order valence-corrected chi connectivity index (χ2v) is 16.8. The van der Waals surface area contributed by atoms with Crippen LogP contribution in [0.1, 0.15) is 22.3 Å². The van der Waals surface area contributed by atoms with Crippen molar-refractivity contribution >= 4 is 49.4 Å². The van der Waals surface area contributed by atoms with Crippen LogP contribution in [0, 0.1) is 0 Å². The van der Waals surface area contributed by atoms with Gasteiger partial charge in [-0.15, -0.1) is 0 Å². The van der Waals surface area contributed by atoms with Crippen molar-refractivity contribution in [1.82, 2.24) is 0 Å². The van der Waals surface area contributed by atoms with Crippen molar-refractivity contribution in [2.75, 3.05) is 4.90 Å². The van der Waals surface area contributed by atoms with Crippen LogP contribution in [-0.4, -0.2) is 0 Å². The first-order chi connectivity index (χ1) is 30.8. The van der Waals surface area contributed by atoms with E-state index in [9.17, 15) is 0 Å². The van der Waals surface area contributed by atoms with E-state index in [-0.39, 0.29) is 0 Å². The Balaban J connectivity index is 0.989. The molecule has 0 heterocycles. The number of fused-ring (bicyclic) bond motifs is 16. The minimum atomic E-state index is -0.466. The zero-order valence-electron chi connectivity index (χ0n) is 34.0. The fraction of sp³-hybridized carbons (Fsp3) is 0.0164. The van der Waals surface area contributed by atoms with Gasteiger partial charge in [-0.1, -0.05) is 188 Å². The van der Waals surface area contributed by atoms with Crippen molar-refractivity contribution in [3.63, 3.8) is 0 Å². The molecule has 288 valence electrons. The highest BCUT2D eigenvalue weighted by atomic mass is 15.1. The Kier molecular flexibility index (Phi) is 7.59. The van der Waals surface area contributed by atoms with E-state index in [1.807, 2.05) is 0 Å². The van der Waals surface area contributed by atoms with Gasteiger partial charge in [-0.2, -0.15) is 0 Å². The van der Waals surface area contributed by atoms with Crippen molar-refractivity contribution in [3.8, 4) is 44.5 Å². The molecule has 0 bridgehead atoms. The van der Waals surface area contributed by atoms with Gasteiger partial charge in [0.05, 0.1) is 5.41 Å². The summed E-state index contributed by atoms with van der Waals surface area (Å²) in [6, 6.07) is 87.7. The zero-order chi connectivity index (χ0) is 40.8. The topological polar surface area (TPSA) is 3.24 Å². The zero-order valence-corrected chi connectivity index (χ0v) is 34.0. The van der Waals surface area contributed by atoms with Gasteiger partial charge >= 0.3 is 0 Å². The van der Waals surface area contributed by atoms with E-state index in [4.69, 9.17) is 0 Å². The summed E-state index contributed by atoms with van der Waals surface area (Å²) >= 11 is 0. The lowest BCUT2D eigenvalue weighted by Gasteiger charge is -2.31. The Bertz CT molecular complexity index is 3550. The maximum absolute atomic E-state index is 2.55. The fourth-order valence-corrected chi connectivity index (χ4v) is 11.0. The molecule has 1 unspecified atom stereocenters. The first-order valence-corrected chi connectivity index (χ1v) is 21.6. The largest absolute Gasteiger partial charge is 0.310 e. The molecule has 0 aromatic heterocycles. The molecule has 1 spiro atoms. The molecule has 0 N–H and O–H groups in total. The lowest BCUT2D eigenvalue weighted by atomic mass is 9.70. The Morgan fingerprint density at radius 3 is 1.19 bits per heavy atom. The number of para-hydroxylation sites is 1. The van der Waals surface area contributed by atoms with E-state index >= 15 is 0 Å². The number of benzene rings is 11. The predicted molar refractivity (Wildman–Crippen MR) is 261 cm³/mol. The van der Waals surface area contributed by atoms with E-state index in [0.29, 0.717) is 0 Å². The van der Waals surface area contributed by atoms with Gasteiger partial charge in [0.2, 0.25) is 0 Å². The molecule has 0 aliphatic heterocycles. The SMILES string of the molecule is c1ccc(-c2ccc(-c3ccc(N(c4ccccc4)c4ccc5c(c4)-c4ccccc4C54c5ccccc5-c5cc6c7ccccc7c7ccccc7c6cc54)cc3)cc2)cc1. The molecule has 62 heavy (non-hydrogen) atoms. The van der Waals surface area contributed by atoms with Crippen molar-refractivity contribution in [1.29, 1.82) is 0 Å². The van der Waals surface area contributed by atoms with Gasteiger partial charge in [0.15, 0.2) is 0 Å². The lowest BCUT2D eigenvalue weighted by Crippen LogP contribution is -2.26. The van der Waals surface area contributed by atoms with Gasteiger partial charge in [0.25, 0.3) is 0 Å². The smallest absolute Gasteiger partial charge is 0.0725 e. The van der Waals surface area contributed by atoms with E-state index in [0.717, 1.165) is 17.1 Å². The fourth-order valence-electron chi connectivity index (χ4n) is 11.0. The number of hydrogen-bond acceptors (Lipinski definition) is 1. The Labute approximate surface area is 361 Å². The van der Waals surface area contributed by atoms with E-state index < -0.39 is 5.41 Å². The second kappa shape index (κ2) is 13.5. The molecular weight excluding hydrogens is 747 g/mol. The van der Waals surface area contributed by atoms with Crippen LogP contribution in [0.5, 0.6) is 0 Å². The van der Waals surface area contributed by atoms with E-state index in [1.165, 1.54) is 99.1 Å². The standard InChI is InChI=1S/C61H39N/c1-3-15-40(16-4-1)41-27-29-42(30-28-41)43-31-33-45(34-32-43)62(44-17-5-2-6-18-44)46-35-36-59-55(37-46)51-23-11-13-25-57(51)61(59)58-26-14-12-24-52(58)56-38-53-49-21-9-7-19-47(49)48-20-8-10-22-50(48)54(53)39-60(56)61/h1-39H. The molecule has 0 saturated carbocycles. The third-order valence-corrected chi connectivity index (χ3v) is 13.7. The van der Waals surface area contributed by atoms with Gasteiger partial charge in [0.1, 0.15) is 0 Å². The number of hydrogen-bond donors (Lipinski definition) is 0. The second-order valence-electron chi connectivity index (χ2n) is 16.8. The van der Waals surface area contributed by atoms with Crippen LogP contribution in [0.15, 0.2) is 237 Å². The summed E-state index contributed by atoms with van der Waals surface area (Å²) in [5.74, 6) is 0. The monoisotopic (exact) mass is 785 g/mol. The quantitative estimate of drug-likeness (QED) is 0.157. The number of anilines is 3. The minimum Gasteiger partial charge on any atom is -0.310 e. The molecule has 0 radical (unpaired) electrons. The highest BCUT2D eigenvalue weighted by molar-refractivity contribution is 6.26. The molecule has 1 nitrogen and oxygen atoms in total. The summed E-state index contributed by atoms with van der Waals surface area (Å²) < 4.78 is 0. The Morgan fingerprint density at radius 1 is 0.226 bits per heavy atom. The van der Waals surface area contributed by atoms with Crippen molar-refractivity contribution in [3.05, 3.63) is 259 Å². The molecule has 0 saturated heterocycles. The molecule has 0 amide bonds. The molecule has 0 fully saturated rings. The highest BCUT2D eigenvalue weighted by Crippen LogP contribution is 2.64. The van der Waals surface area contributed by atoms with Gasteiger partial charge < -0.3 is 4.90 Å². The minimum absolute atomic E-state index is 0.466. The van der Waals surface area contributed by atoms with Gasteiger partial charge in [-0.05, 0) is 148 Å². The van der Waals surface area contributed by atoms with Crippen LogP contribution >= 0.6 is 0 Å². The van der Waals surface area contributed by atoms with Crippen LogP contribution in [0.3, 0.4) is 0 Å². The third-order valence-electron chi connectivity index (χ3n) is 13.7. The summed E-state index contributed by atoms with van der Waals surface area (Å²) in [5, 5.41) is 7.81. The number of nitrogens with zero attached hydrogens (tertiary/aromatic N) is 1. The summed E-state index contributed by atoms with van der Waals surface area (Å²) in [6.45, 7) is 0. The Hall–Kier alpha value is -8.00. The average molecular weight is 786 g/mol. The molecule has 11 aromatic rings. The first-order valence-electron chi connectivity index (χ1n) is 21.6. The third kappa shape index (κ3) is 4.97. The molecule has 1 heteroatoms. The molecule has 13 rings (SSSR count). The Morgan fingerprint density at radius 2 is 0.613 bits per heavy atom. The lowest BCUT2D eigenvalue weighted by molar-refractivity contribution is 0.795. The summed E-state index contributed by atoms with van der Waals surface area (Å²) in [4.78, 5) is 2.40. The highest BCUT2D eigenvalue weighted by Gasteiger charge is 2.52. The molecular formula is C61H39N. The summed E-state index contributed by atoms with van der Waals surface area (Å²) in [7, 11) is 0. The van der Waals surface area contributed by atoms with Crippen molar-refractivity contribution in [2.24, 2.45) is 0 Å². The molecule has 11 aromatic carbocycles. The van der Waals surface area contributed by atoms with E-state index in [1.54, 1.807) is 0 Å². The summed E-state index contributed by atoms with van der Waals surface area (Å²) in [6.07, 6.45) is 0.